The number of carbonyl (C=O) groups is 1. The minimum absolute atomic E-state index is 0.0325. The van der Waals surface area contributed by atoms with Gasteiger partial charge < -0.3 is 20.6 Å². The molecule has 2 rings (SSSR count). The molecule has 2 aromatic rings. The highest BCUT2D eigenvalue weighted by Gasteiger charge is 2.18. The van der Waals surface area contributed by atoms with Crippen LogP contribution in [0.4, 0.5) is 11.4 Å². The standard InChI is InChI=1S/C14H15ClN2O3/c1-7-3-4-12(20-7)8(2)17-13-10(14(18)19)5-9(16)6-11(13)15/h3-6,8,17H,16H2,1-2H3,(H,18,19). The molecule has 0 saturated carbocycles. The molecule has 1 heterocycles. The molecule has 0 saturated heterocycles. The number of aromatic carboxylic acids is 1. The lowest BCUT2D eigenvalue weighted by atomic mass is 10.1. The Kier molecular flexibility index (Phi) is 3.90. The Bertz CT molecular complexity index is 652. The number of benzene rings is 1. The number of hydrogen-bond acceptors (Lipinski definition) is 4. The molecule has 6 heteroatoms. The molecule has 106 valence electrons. The second-order valence-corrected chi connectivity index (χ2v) is 4.95. The number of rotatable bonds is 4. The van der Waals surface area contributed by atoms with E-state index in [1.54, 1.807) is 0 Å². The molecule has 5 nitrogen and oxygen atoms in total. The molecule has 1 unspecified atom stereocenters. The van der Waals surface area contributed by atoms with E-state index in [1.165, 1.54) is 12.1 Å². The van der Waals surface area contributed by atoms with Crippen LogP contribution in [-0.4, -0.2) is 11.1 Å². The van der Waals surface area contributed by atoms with Crippen molar-refractivity contribution < 1.29 is 14.3 Å². The maximum Gasteiger partial charge on any atom is 0.337 e. The minimum Gasteiger partial charge on any atom is -0.478 e. The number of aryl methyl sites for hydroxylation is 1. The topological polar surface area (TPSA) is 88.5 Å². The summed E-state index contributed by atoms with van der Waals surface area (Å²) >= 11 is 6.08. The molecular weight excluding hydrogens is 280 g/mol. The van der Waals surface area contributed by atoms with Gasteiger partial charge in [0.25, 0.3) is 0 Å². The van der Waals surface area contributed by atoms with Crippen LogP contribution in [0.5, 0.6) is 0 Å². The first-order chi connectivity index (χ1) is 9.38. The van der Waals surface area contributed by atoms with Gasteiger partial charge in [-0.1, -0.05) is 11.6 Å². The van der Waals surface area contributed by atoms with Crippen LogP contribution < -0.4 is 11.1 Å². The Hall–Kier alpha value is -2.14. The van der Waals surface area contributed by atoms with Gasteiger partial charge in [-0.15, -0.1) is 0 Å². The number of nitrogens with one attached hydrogen (secondary N) is 1. The molecular formula is C14H15ClN2O3. The summed E-state index contributed by atoms with van der Waals surface area (Å²) in [5.74, 6) is 0.395. The van der Waals surface area contributed by atoms with Crippen molar-refractivity contribution in [2.75, 3.05) is 11.1 Å². The molecule has 0 spiro atoms. The fraction of sp³-hybridized carbons (Fsp3) is 0.214. The summed E-state index contributed by atoms with van der Waals surface area (Å²) in [5.41, 5.74) is 6.28. The molecule has 4 N–H and O–H groups in total. The van der Waals surface area contributed by atoms with Crippen LogP contribution in [0.15, 0.2) is 28.7 Å². The molecule has 0 aliphatic heterocycles. The van der Waals surface area contributed by atoms with Crippen molar-refractivity contribution in [3.05, 3.63) is 46.4 Å². The molecule has 20 heavy (non-hydrogen) atoms. The SMILES string of the molecule is Cc1ccc(C(C)Nc2c(Cl)cc(N)cc2C(=O)O)o1. The highest BCUT2D eigenvalue weighted by molar-refractivity contribution is 6.34. The van der Waals surface area contributed by atoms with Crippen molar-refractivity contribution in [1.29, 1.82) is 0 Å². The maximum absolute atomic E-state index is 11.3. The molecule has 0 radical (unpaired) electrons. The highest BCUT2D eigenvalue weighted by Crippen LogP contribution is 2.32. The van der Waals surface area contributed by atoms with E-state index in [0.29, 0.717) is 17.1 Å². The summed E-state index contributed by atoms with van der Waals surface area (Å²) in [6.45, 7) is 3.70. The summed E-state index contributed by atoms with van der Waals surface area (Å²) in [6.07, 6.45) is 0. The summed E-state index contributed by atoms with van der Waals surface area (Å²) in [6, 6.07) is 6.34. The second kappa shape index (κ2) is 5.46. The zero-order valence-corrected chi connectivity index (χ0v) is 11.9. The lowest BCUT2D eigenvalue weighted by Gasteiger charge is -2.17. The zero-order valence-electron chi connectivity index (χ0n) is 11.1. The average Bonchev–Trinajstić information content (AvgIpc) is 2.78. The number of nitrogens with two attached hydrogens (primary N) is 1. The normalized spacial score (nSPS) is 12.2. The van der Waals surface area contributed by atoms with Gasteiger partial charge in [0.15, 0.2) is 0 Å². The summed E-state index contributed by atoms with van der Waals surface area (Å²) < 4.78 is 5.50. The smallest absolute Gasteiger partial charge is 0.337 e. The van der Waals surface area contributed by atoms with Crippen LogP contribution in [-0.2, 0) is 0 Å². The molecule has 0 fully saturated rings. The third kappa shape index (κ3) is 2.88. The van der Waals surface area contributed by atoms with Crippen molar-refractivity contribution in [3.8, 4) is 0 Å². The first-order valence-electron chi connectivity index (χ1n) is 6.03. The lowest BCUT2D eigenvalue weighted by molar-refractivity contribution is 0.0698. The van der Waals surface area contributed by atoms with E-state index in [-0.39, 0.29) is 16.6 Å². The van der Waals surface area contributed by atoms with Gasteiger partial charge in [-0.2, -0.15) is 0 Å². The van der Waals surface area contributed by atoms with E-state index in [4.69, 9.17) is 21.8 Å². The second-order valence-electron chi connectivity index (χ2n) is 4.54. The summed E-state index contributed by atoms with van der Waals surface area (Å²) in [5, 5.41) is 12.5. The van der Waals surface area contributed by atoms with Crippen LogP contribution in [0.3, 0.4) is 0 Å². The van der Waals surface area contributed by atoms with Gasteiger partial charge in [-0.05, 0) is 38.1 Å². The molecule has 0 bridgehead atoms. The monoisotopic (exact) mass is 294 g/mol. The Morgan fingerprint density at radius 2 is 2.15 bits per heavy atom. The molecule has 0 aliphatic rings. The van der Waals surface area contributed by atoms with Gasteiger partial charge in [-0.3, -0.25) is 0 Å². The highest BCUT2D eigenvalue weighted by atomic mass is 35.5. The van der Waals surface area contributed by atoms with Crippen LogP contribution in [0.2, 0.25) is 5.02 Å². The van der Waals surface area contributed by atoms with Crippen LogP contribution >= 0.6 is 11.6 Å². The largest absolute Gasteiger partial charge is 0.478 e. The van der Waals surface area contributed by atoms with E-state index >= 15 is 0 Å². The van der Waals surface area contributed by atoms with E-state index in [9.17, 15) is 9.90 Å². The Balaban J connectivity index is 2.35. The van der Waals surface area contributed by atoms with Crippen molar-refractivity contribution in [1.82, 2.24) is 0 Å². The van der Waals surface area contributed by atoms with Gasteiger partial charge in [0.1, 0.15) is 11.5 Å². The summed E-state index contributed by atoms with van der Waals surface area (Å²) in [7, 11) is 0. The number of furan rings is 1. The van der Waals surface area contributed by atoms with E-state index in [2.05, 4.69) is 5.32 Å². The maximum atomic E-state index is 11.3. The lowest BCUT2D eigenvalue weighted by Crippen LogP contribution is -2.11. The third-order valence-electron chi connectivity index (χ3n) is 2.89. The summed E-state index contributed by atoms with van der Waals surface area (Å²) in [4.78, 5) is 11.3. The van der Waals surface area contributed by atoms with Crippen molar-refractivity contribution in [2.45, 2.75) is 19.9 Å². The van der Waals surface area contributed by atoms with Crippen LogP contribution in [0.25, 0.3) is 0 Å². The third-order valence-corrected chi connectivity index (χ3v) is 3.19. The van der Waals surface area contributed by atoms with Gasteiger partial charge >= 0.3 is 5.97 Å². The van der Waals surface area contributed by atoms with E-state index < -0.39 is 5.97 Å². The number of anilines is 2. The molecule has 1 aromatic carbocycles. The van der Waals surface area contributed by atoms with E-state index in [1.807, 2.05) is 26.0 Å². The predicted molar refractivity (Wildman–Crippen MR) is 78.3 cm³/mol. The van der Waals surface area contributed by atoms with Gasteiger partial charge in [0.2, 0.25) is 0 Å². The van der Waals surface area contributed by atoms with Crippen LogP contribution in [0, 0.1) is 6.92 Å². The number of hydrogen-bond donors (Lipinski definition) is 3. The molecule has 1 aromatic heterocycles. The fourth-order valence-corrected chi connectivity index (χ4v) is 2.20. The number of carboxylic acid groups (broad SMARTS) is 1. The molecule has 0 amide bonds. The van der Waals surface area contributed by atoms with Gasteiger partial charge in [0, 0.05) is 5.69 Å². The number of carboxylic acids is 1. The Morgan fingerprint density at radius 1 is 1.45 bits per heavy atom. The van der Waals surface area contributed by atoms with Gasteiger partial charge in [0.05, 0.1) is 22.3 Å². The van der Waals surface area contributed by atoms with Gasteiger partial charge in [-0.25, -0.2) is 4.79 Å². The van der Waals surface area contributed by atoms with E-state index in [0.717, 1.165) is 5.76 Å². The Morgan fingerprint density at radius 3 is 2.70 bits per heavy atom. The number of nitrogen functional groups attached to an aromatic ring is 1. The number of halogens is 1. The average molecular weight is 295 g/mol. The van der Waals surface area contributed by atoms with Crippen molar-refractivity contribution in [3.63, 3.8) is 0 Å². The molecule has 0 aliphatic carbocycles. The van der Waals surface area contributed by atoms with Crippen molar-refractivity contribution in [2.24, 2.45) is 0 Å². The first-order valence-corrected chi connectivity index (χ1v) is 6.41. The molecule has 1 atom stereocenters. The van der Waals surface area contributed by atoms with Crippen molar-refractivity contribution >= 4 is 28.9 Å². The minimum atomic E-state index is -1.09. The van der Waals surface area contributed by atoms with Crippen LogP contribution in [0.1, 0.15) is 34.8 Å². The predicted octanol–water partition coefficient (Wildman–Crippen LogP) is 3.69. The Labute approximate surface area is 121 Å². The first kappa shape index (κ1) is 14.3. The quantitative estimate of drug-likeness (QED) is 0.748. The zero-order chi connectivity index (χ0) is 14.9. The fourth-order valence-electron chi connectivity index (χ4n) is 1.92.